The molecule has 0 unspecified atom stereocenters. The molecule has 0 bridgehead atoms. The topological polar surface area (TPSA) is 133 Å². The predicted molar refractivity (Wildman–Crippen MR) is 183 cm³/mol. The zero-order valence-corrected chi connectivity index (χ0v) is 29.2. The van der Waals surface area contributed by atoms with Crippen LogP contribution in [0.3, 0.4) is 0 Å². The minimum Gasteiger partial charge on any atom is -0.452 e. The zero-order chi connectivity index (χ0) is 33.8. The number of amides is 2. The van der Waals surface area contributed by atoms with E-state index in [2.05, 4.69) is 24.8 Å². The Labute approximate surface area is 281 Å². The Balaban J connectivity index is 1.34. The molecule has 12 nitrogen and oxygen atoms in total. The van der Waals surface area contributed by atoms with Gasteiger partial charge in [0.25, 0.3) is 0 Å². The number of nitrogens with zero attached hydrogens (tertiary/aromatic N) is 4. The van der Waals surface area contributed by atoms with Crippen LogP contribution in [0.2, 0.25) is 0 Å². The molecule has 3 heterocycles. The Kier molecular flexibility index (Phi) is 10.7. The highest BCUT2D eigenvalue weighted by atomic mass is 32.2. The first-order chi connectivity index (χ1) is 22.3. The minimum atomic E-state index is -4.01. The fourth-order valence-corrected chi connectivity index (χ4v) is 8.66. The number of hydrogen-bond donors (Lipinski definition) is 2. The molecule has 2 amide bonds. The average Bonchev–Trinajstić information content (AvgIpc) is 3.69. The molecule has 2 aliphatic rings. The fraction of sp³-hybridized carbons (Fsp3) is 0.485. The number of hydrogen-bond acceptors (Lipinski definition) is 10. The smallest absolute Gasteiger partial charge is 0.415 e. The number of piperidine rings is 1. The Bertz CT molecular complexity index is 1650. The van der Waals surface area contributed by atoms with Gasteiger partial charge >= 0.3 is 12.2 Å². The summed E-state index contributed by atoms with van der Waals surface area (Å²) >= 11 is 1.40. The summed E-state index contributed by atoms with van der Waals surface area (Å²) in [6.45, 7) is 7.86. The first kappa shape index (κ1) is 34.6. The molecule has 1 aromatic heterocycles. The van der Waals surface area contributed by atoms with Crippen molar-refractivity contribution >= 4 is 44.4 Å². The second-order valence-corrected chi connectivity index (χ2v) is 15.6. The summed E-state index contributed by atoms with van der Waals surface area (Å²) < 4.78 is 41.3. The lowest BCUT2D eigenvalue weighted by Crippen LogP contribution is -2.47. The van der Waals surface area contributed by atoms with E-state index in [1.165, 1.54) is 23.3 Å². The van der Waals surface area contributed by atoms with Crippen molar-refractivity contribution in [3.05, 3.63) is 60.3 Å². The van der Waals surface area contributed by atoms with Gasteiger partial charge in [0.1, 0.15) is 6.10 Å². The first-order valence-corrected chi connectivity index (χ1v) is 18.1. The molecule has 2 fully saturated rings. The van der Waals surface area contributed by atoms with Crippen LogP contribution >= 0.6 is 11.3 Å². The zero-order valence-electron chi connectivity index (χ0n) is 27.6. The largest absolute Gasteiger partial charge is 0.452 e. The number of alkyl carbamates (subject to hydrolysis) is 1. The number of benzene rings is 2. The number of rotatable bonds is 9. The van der Waals surface area contributed by atoms with Gasteiger partial charge in [-0.3, -0.25) is 9.80 Å². The SMILES string of the molecule is COC(=O)N(c1ccc(-c2cnc(N3CCC(OC(=O)NCc4ccccc4)CC3)s2)c(S(=O)(=O)NC(C)(C)C)c1)[C@@H]1CCCN1C. The highest BCUT2D eigenvalue weighted by Gasteiger charge is 2.35. The number of carbonyl (C=O) groups excluding carboxylic acids is 2. The van der Waals surface area contributed by atoms with Gasteiger partial charge in [0, 0.05) is 49.8 Å². The van der Waals surface area contributed by atoms with E-state index in [-0.39, 0.29) is 17.2 Å². The average molecular weight is 685 g/mol. The summed E-state index contributed by atoms with van der Waals surface area (Å²) in [5, 5.41) is 3.57. The van der Waals surface area contributed by atoms with Crippen LogP contribution in [-0.2, 0) is 26.0 Å². The maximum Gasteiger partial charge on any atom is 0.415 e. The van der Waals surface area contributed by atoms with Gasteiger partial charge in [-0.25, -0.2) is 27.7 Å². The van der Waals surface area contributed by atoms with Gasteiger partial charge in [-0.15, -0.1) is 0 Å². The monoisotopic (exact) mass is 684 g/mol. The second kappa shape index (κ2) is 14.6. The van der Waals surface area contributed by atoms with E-state index in [9.17, 15) is 18.0 Å². The molecule has 2 aliphatic heterocycles. The number of anilines is 2. The second-order valence-electron chi connectivity index (χ2n) is 12.9. The van der Waals surface area contributed by atoms with Crippen LogP contribution in [0.4, 0.5) is 20.4 Å². The van der Waals surface area contributed by atoms with Crippen molar-refractivity contribution in [2.45, 2.75) is 75.7 Å². The summed E-state index contributed by atoms with van der Waals surface area (Å²) in [5.74, 6) is 0. The molecule has 254 valence electrons. The van der Waals surface area contributed by atoms with Crippen LogP contribution in [0.1, 0.15) is 52.0 Å². The lowest BCUT2D eigenvalue weighted by Gasteiger charge is -2.32. The predicted octanol–water partition coefficient (Wildman–Crippen LogP) is 5.41. The molecule has 1 atom stereocenters. The van der Waals surface area contributed by atoms with Crippen molar-refractivity contribution in [3.63, 3.8) is 0 Å². The van der Waals surface area contributed by atoms with E-state index in [0.29, 0.717) is 48.6 Å². The van der Waals surface area contributed by atoms with Crippen molar-refractivity contribution in [2.75, 3.05) is 43.6 Å². The van der Waals surface area contributed by atoms with E-state index >= 15 is 0 Å². The highest BCUT2D eigenvalue weighted by molar-refractivity contribution is 7.89. The van der Waals surface area contributed by atoms with E-state index in [0.717, 1.165) is 30.1 Å². The molecule has 5 rings (SSSR count). The summed E-state index contributed by atoms with van der Waals surface area (Å²) in [5.41, 5.74) is 1.20. The third kappa shape index (κ3) is 8.61. The third-order valence-corrected chi connectivity index (χ3v) is 11.0. The van der Waals surface area contributed by atoms with Crippen LogP contribution in [0.5, 0.6) is 0 Å². The molecule has 47 heavy (non-hydrogen) atoms. The Morgan fingerprint density at radius 1 is 1.06 bits per heavy atom. The molecule has 2 aromatic carbocycles. The first-order valence-electron chi connectivity index (χ1n) is 15.8. The molecule has 0 spiro atoms. The summed E-state index contributed by atoms with van der Waals surface area (Å²) in [7, 11) is -0.746. The van der Waals surface area contributed by atoms with Gasteiger partial charge in [-0.2, -0.15) is 0 Å². The molecule has 2 saturated heterocycles. The van der Waals surface area contributed by atoms with Crippen LogP contribution in [0.15, 0.2) is 59.6 Å². The third-order valence-electron chi connectivity index (χ3n) is 8.15. The summed E-state index contributed by atoms with van der Waals surface area (Å²) in [6.07, 6.45) is 3.20. The van der Waals surface area contributed by atoms with Crippen molar-refractivity contribution in [3.8, 4) is 10.4 Å². The fourth-order valence-electron chi connectivity index (χ4n) is 5.92. The number of ether oxygens (including phenoxy) is 2. The molecule has 0 saturated carbocycles. The molecule has 3 aromatic rings. The number of thiazole rings is 1. The normalized spacial score (nSPS) is 17.8. The van der Waals surface area contributed by atoms with Crippen molar-refractivity contribution < 1.29 is 27.5 Å². The van der Waals surface area contributed by atoms with Crippen LogP contribution in [0, 0.1) is 0 Å². The standard InChI is InChI=1S/C33H44N6O6S2/c1-33(2,3)36-47(42,43)28-20-24(39(32(41)44-5)29-12-9-17-37(29)4)13-14-26(28)27-22-34-30(46-27)38-18-15-25(16-19-38)45-31(40)35-21-23-10-7-6-8-11-23/h6-8,10-11,13-14,20,22,25,29,36H,9,12,15-19,21H2,1-5H3,(H,35,40)/t29-/m1/s1. The quantitative estimate of drug-likeness (QED) is 0.304. The van der Waals surface area contributed by atoms with Crippen molar-refractivity contribution in [2.24, 2.45) is 0 Å². The van der Waals surface area contributed by atoms with Gasteiger partial charge in [0.05, 0.1) is 28.7 Å². The van der Waals surface area contributed by atoms with E-state index in [1.807, 2.05) is 37.4 Å². The van der Waals surface area contributed by atoms with Crippen LogP contribution in [-0.4, -0.2) is 82.1 Å². The van der Waals surface area contributed by atoms with Gasteiger partial charge < -0.3 is 19.7 Å². The molecule has 0 aliphatic carbocycles. The van der Waals surface area contributed by atoms with Crippen LogP contribution < -0.4 is 19.8 Å². The van der Waals surface area contributed by atoms with Gasteiger partial charge in [0.15, 0.2) is 5.13 Å². The minimum absolute atomic E-state index is 0.0586. The van der Waals surface area contributed by atoms with Crippen molar-refractivity contribution in [1.29, 1.82) is 0 Å². The maximum atomic E-state index is 13.9. The van der Waals surface area contributed by atoms with Crippen molar-refractivity contribution in [1.82, 2.24) is 19.9 Å². The molecular formula is C33H44N6O6S2. The van der Waals surface area contributed by atoms with E-state index in [1.54, 1.807) is 45.2 Å². The lowest BCUT2D eigenvalue weighted by molar-refractivity contribution is 0.0828. The lowest BCUT2D eigenvalue weighted by atomic mass is 10.1. The highest BCUT2D eigenvalue weighted by Crippen LogP contribution is 2.39. The molecule has 14 heteroatoms. The maximum absolute atomic E-state index is 13.9. The van der Waals surface area contributed by atoms with Gasteiger partial charge in [-0.05, 0) is 64.9 Å². The number of sulfonamides is 1. The number of methoxy groups -OCH3 is 1. The number of aromatic nitrogens is 1. The van der Waals surface area contributed by atoms with Gasteiger partial charge in [-0.1, -0.05) is 47.7 Å². The number of likely N-dealkylation sites (tertiary alicyclic amines) is 1. The Morgan fingerprint density at radius 3 is 2.43 bits per heavy atom. The summed E-state index contributed by atoms with van der Waals surface area (Å²) in [4.78, 5) is 36.5. The van der Waals surface area contributed by atoms with E-state index in [4.69, 9.17) is 9.47 Å². The van der Waals surface area contributed by atoms with Gasteiger partial charge in [0.2, 0.25) is 10.0 Å². The van der Waals surface area contributed by atoms with Crippen LogP contribution in [0.25, 0.3) is 10.4 Å². The number of nitrogens with one attached hydrogen (secondary N) is 2. The molecule has 2 N–H and O–H groups in total. The summed E-state index contributed by atoms with van der Waals surface area (Å²) in [6, 6.07) is 14.7. The molecular weight excluding hydrogens is 641 g/mol. The number of carbonyl (C=O) groups is 2. The Morgan fingerprint density at radius 2 is 1.79 bits per heavy atom. The molecule has 0 radical (unpaired) electrons. The Hall–Kier alpha value is -3.72. The van der Waals surface area contributed by atoms with E-state index < -0.39 is 27.7 Å².